The van der Waals surface area contributed by atoms with E-state index in [0.717, 1.165) is 22.4 Å². The lowest BCUT2D eigenvalue weighted by molar-refractivity contribution is 0.111. The maximum absolute atomic E-state index is 13.8. The standard InChI is InChI=1S/C16H15FN4O/c1-9-12(5-11(17)6-13(9)19-2)10-3-4-15-20-16(18)14(8-22)21(15)7-10/h3-8,19H,18H2,1-2H3. The van der Waals surface area contributed by atoms with Crippen molar-refractivity contribution in [2.45, 2.75) is 6.92 Å². The minimum absolute atomic E-state index is 0.180. The van der Waals surface area contributed by atoms with Crippen molar-refractivity contribution in [3.8, 4) is 11.1 Å². The first-order valence-electron chi connectivity index (χ1n) is 6.76. The Morgan fingerprint density at radius 3 is 2.82 bits per heavy atom. The van der Waals surface area contributed by atoms with E-state index >= 15 is 0 Å². The molecule has 0 bridgehead atoms. The largest absolute Gasteiger partial charge is 0.388 e. The first-order chi connectivity index (χ1) is 10.5. The Bertz CT molecular complexity index is 885. The molecule has 2 aromatic heterocycles. The number of anilines is 2. The quantitative estimate of drug-likeness (QED) is 0.729. The van der Waals surface area contributed by atoms with Crippen molar-refractivity contribution in [3.63, 3.8) is 0 Å². The molecule has 6 heteroatoms. The summed E-state index contributed by atoms with van der Waals surface area (Å²) in [6.07, 6.45) is 2.40. The van der Waals surface area contributed by atoms with E-state index < -0.39 is 0 Å². The van der Waals surface area contributed by atoms with Crippen LogP contribution in [0, 0.1) is 12.7 Å². The van der Waals surface area contributed by atoms with Crippen LogP contribution in [0.15, 0.2) is 30.5 Å². The van der Waals surface area contributed by atoms with Gasteiger partial charge >= 0.3 is 0 Å². The third-order valence-electron chi connectivity index (χ3n) is 3.75. The summed E-state index contributed by atoms with van der Waals surface area (Å²) in [4.78, 5) is 15.3. The Hall–Kier alpha value is -2.89. The smallest absolute Gasteiger partial charge is 0.170 e. The normalized spacial score (nSPS) is 10.9. The second kappa shape index (κ2) is 5.14. The number of fused-ring (bicyclic) bond motifs is 1. The van der Waals surface area contributed by atoms with E-state index in [2.05, 4.69) is 10.3 Å². The molecule has 112 valence electrons. The summed E-state index contributed by atoms with van der Waals surface area (Å²) in [5.41, 5.74) is 9.75. The summed E-state index contributed by atoms with van der Waals surface area (Å²) in [5.74, 6) is -0.148. The number of nitrogens with one attached hydrogen (secondary N) is 1. The number of benzene rings is 1. The number of aldehydes is 1. The van der Waals surface area contributed by atoms with Gasteiger partial charge in [-0.1, -0.05) is 0 Å². The fourth-order valence-electron chi connectivity index (χ4n) is 2.60. The predicted molar refractivity (Wildman–Crippen MR) is 84.7 cm³/mol. The van der Waals surface area contributed by atoms with Crippen LogP contribution in [0.1, 0.15) is 16.1 Å². The van der Waals surface area contributed by atoms with Crippen molar-refractivity contribution in [2.24, 2.45) is 0 Å². The molecule has 3 aromatic rings. The molecule has 3 N–H and O–H groups in total. The molecule has 1 aromatic carbocycles. The third kappa shape index (κ3) is 2.09. The molecule has 0 atom stereocenters. The van der Waals surface area contributed by atoms with Gasteiger partial charge in [0.15, 0.2) is 12.1 Å². The lowest BCUT2D eigenvalue weighted by Crippen LogP contribution is -1.98. The molecule has 0 fully saturated rings. The Labute approximate surface area is 126 Å². The van der Waals surface area contributed by atoms with Crippen LogP contribution >= 0.6 is 0 Å². The summed E-state index contributed by atoms with van der Waals surface area (Å²) in [6, 6.07) is 6.50. The molecular formula is C16H15FN4O. The van der Waals surface area contributed by atoms with E-state index in [1.807, 2.05) is 13.0 Å². The summed E-state index contributed by atoms with van der Waals surface area (Å²) in [5, 5.41) is 2.97. The van der Waals surface area contributed by atoms with Crippen LogP contribution in [0.3, 0.4) is 0 Å². The molecule has 5 nitrogen and oxygen atoms in total. The molecule has 0 aliphatic heterocycles. The first kappa shape index (κ1) is 14.1. The predicted octanol–water partition coefficient (Wildman–Crippen LogP) is 2.89. The van der Waals surface area contributed by atoms with Crippen LogP contribution in [-0.4, -0.2) is 22.7 Å². The molecule has 0 saturated heterocycles. The monoisotopic (exact) mass is 298 g/mol. The van der Waals surface area contributed by atoms with Gasteiger partial charge in [0, 0.05) is 18.9 Å². The van der Waals surface area contributed by atoms with E-state index in [9.17, 15) is 9.18 Å². The Kier molecular flexibility index (Phi) is 3.29. The highest BCUT2D eigenvalue weighted by molar-refractivity contribution is 5.83. The van der Waals surface area contributed by atoms with Crippen molar-refractivity contribution in [1.82, 2.24) is 9.38 Å². The van der Waals surface area contributed by atoms with Gasteiger partial charge in [0.2, 0.25) is 0 Å². The lowest BCUT2D eigenvalue weighted by Gasteiger charge is -2.12. The number of carbonyl (C=O) groups excluding carboxylic acids is 1. The highest BCUT2D eigenvalue weighted by Crippen LogP contribution is 2.30. The second-order valence-corrected chi connectivity index (χ2v) is 5.02. The Morgan fingerprint density at radius 2 is 2.14 bits per heavy atom. The number of carbonyl (C=O) groups is 1. The van der Waals surface area contributed by atoms with Crippen molar-refractivity contribution < 1.29 is 9.18 Å². The lowest BCUT2D eigenvalue weighted by atomic mass is 10.00. The number of nitrogen functional groups attached to an aromatic ring is 1. The van der Waals surface area contributed by atoms with Gasteiger partial charge in [-0.05, 0) is 47.9 Å². The van der Waals surface area contributed by atoms with Crippen LogP contribution in [0.2, 0.25) is 0 Å². The number of hydrogen-bond donors (Lipinski definition) is 2. The van der Waals surface area contributed by atoms with E-state index in [1.165, 1.54) is 12.1 Å². The molecule has 2 heterocycles. The molecule has 22 heavy (non-hydrogen) atoms. The number of hydrogen-bond acceptors (Lipinski definition) is 4. The average molecular weight is 298 g/mol. The van der Waals surface area contributed by atoms with Crippen LogP contribution < -0.4 is 11.1 Å². The minimum atomic E-state index is -0.328. The van der Waals surface area contributed by atoms with Gasteiger partial charge < -0.3 is 11.1 Å². The Morgan fingerprint density at radius 1 is 1.36 bits per heavy atom. The van der Waals surface area contributed by atoms with Crippen molar-refractivity contribution in [1.29, 1.82) is 0 Å². The van der Waals surface area contributed by atoms with Gasteiger partial charge in [0.05, 0.1) is 0 Å². The fourth-order valence-corrected chi connectivity index (χ4v) is 2.60. The zero-order valence-electron chi connectivity index (χ0n) is 12.2. The van der Waals surface area contributed by atoms with Gasteiger partial charge in [-0.2, -0.15) is 0 Å². The highest BCUT2D eigenvalue weighted by Gasteiger charge is 2.12. The van der Waals surface area contributed by atoms with Crippen LogP contribution in [0.5, 0.6) is 0 Å². The molecule has 0 amide bonds. The van der Waals surface area contributed by atoms with E-state index in [4.69, 9.17) is 5.73 Å². The van der Waals surface area contributed by atoms with Gasteiger partial charge in [-0.15, -0.1) is 0 Å². The van der Waals surface area contributed by atoms with E-state index in [0.29, 0.717) is 17.6 Å². The molecule has 0 aliphatic rings. The molecule has 0 unspecified atom stereocenters. The van der Waals surface area contributed by atoms with E-state index in [1.54, 1.807) is 23.7 Å². The third-order valence-corrected chi connectivity index (χ3v) is 3.75. The summed E-state index contributed by atoms with van der Waals surface area (Å²) in [6.45, 7) is 1.91. The molecule has 0 radical (unpaired) electrons. The highest BCUT2D eigenvalue weighted by atomic mass is 19.1. The number of pyridine rings is 1. The average Bonchev–Trinajstić information content (AvgIpc) is 2.83. The number of nitrogens with two attached hydrogens (primary N) is 1. The van der Waals surface area contributed by atoms with Gasteiger partial charge in [0.1, 0.15) is 17.2 Å². The molecule has 0 aliphatic carbocycles. The molecule has 0 spiro atoms. The number of imidazole rings is 1. The van der Waals surface area contributed by atoms with Gasteiger partial charge in [-0.25, -0.2) is 9.37 Å². The van der Waals surface area contributed by atoms with Crippen molar-refractivity contribution >= 4 is 23.4 Å². The summed E-state index contributed by atoms with van der Waals surface area (Å²) in [7, 11) is 1.75. The number of aromatic nitrogens is 2. The number of halogens is 1. The molecular weight excluding hydrogens is 283 g/mol. The summed E-state index contributed by atoms with van der Waals surface area (Å²) < 4.78 is 15.4. The van der Waals surface area contributed by atoms with Crippen molar-refractivity contribution in [3.05, 3.63) is 47.5 Å². The maximum atomic E-state index is 13.8. The van der Waals surface area contributed by atoms with Crippen LogP contribution in [0.4, 0.5) is 15.9 Å². The zero-order chi connectivity index (χ0) is 15.9. The van der Waals surface area contributed by atoms with E-state index in [-0.39, 0.29) is 11.6 Å². The maximum Gasteiger partial charge on any atom is 0.170 e. The van der Waals surface area contributed by atoms with Crippen molar-refractivity contribution in [2.75, 3.05) is 18.1 Å². The first-order valence-corrected chi connectivity index (χ1v) is 6.76. The van der Waals surface area contributed by atoms with Gasteiger partial charge in [-0.3, -0.25) is 9.20 Å². The topological polar surface area (TPSA) is 72.4 Å². The summed E-state index contributed by atoms with van der Waals surface area (Å²) >= 11 is 0. The van der Waals surface area contributed by atoms with Crippen LogP contribution in [-0.2, 0) is 0 Å². The van der Waals surface area contributed by atoms with Crippen LogP contribution in [0.25, 0.3) is 16.8 Å². The second-order valence-electron chi connectivity index (χ2n) is 5.02. The Balaban J connectivity index is 2.27. The number of nitrogens with zero attached hydrogens (tertiary/aromatic N) is 2. The van der Waals surface area contributed by atoms with Gasteiger partial charge in [0.25, 0.3) is 0 Å². The zero-order valence-corrected chi connectivity index (χ0v) is 12.2. The SMILES string of the molecule is CNc1cc(F)cc(-c2ccc3nc(N)c(C=O)n3c2)c1C. The fraction of sp³-hybridized carbons (Fsp3) is 0.125. The minimum Gasteiger partial charge on any atom is -0.388 e. The molecule has 0 saturated carbocycles. The molecule has 3 rings (SSSR count). The number of rotatable bonds is 3.